The largest absolute Gasteiger partial charge is 0.490 e. The van der Waals surface area contributed by atoms with E-state index in [1.807, 2.05) is 4.90 Å². The molecule has 1 unspecified atom stereocenters. The Bertz CT molecular complexity index is 996. The fourth-order valence-corrected chi connectivity index (χ4v) is 3.75. The van der Waals surface area contributed by atoms with Crippen LogP contribution in [0.25, 0.3) is 0 Å². The Labute approximate surface area is 195 Å². The lowest BCUT2D eigenvalue weighted by Crippen LogP contribution is -2.46. The Morgan fingerprint density at radius 2 is 1.76 bits per heavy atom. The van der Waals surface area contributed by atoms with Crippen molar-refractivity contribution in [1.82, 2.24) is 15.5 Å². The molecule has 2 aliphatic heterocycles. The summed E-state index contributed by atoms with van der Waals surface area (Å²) in [5.41, 5.74) is 6.29. The molecule has 0 spiro atoms. The van der Waals surface area contributed by atoms with Gasteiger partial charge in [0, 0.05) is 26.2 Å². The minimum absolute atomic E-state index is 0.0212. The number of hydrogen-bond acceptors (Lipinski definition) is 4. The molecule has 34 heavy (non-hydrogen) atoms. The van der Waals surface area contributed by atoms with Crippen molar-refractivity contribution in [3.05, 3.63) is 70.3 Å². The van der Waals surface area contributed by atoms with Gasteiger partial charge in [-0.3, -0.25) is 0 Å². The molecule has 0 aromatic heterocycles. The number of alkyl halides is 3. The molecule has 2 heterocycles. The highest BCUT2D eigenvalue weighted by atomic mass is 19.4. The van der Waals surface area contributed by atoms with E-state index in [1.54, 1.807) is 0 Å². The third kappa shape index (κ3) is 6.94. The highest BCUT2D eigenvalue weighted by molar-refractivity contribution is 5.74. The molecule has 0 aliphatic carbocycles. The minimum Gasteiger partial charge on any atom is -0.475 e. The molecule has 2 amide bonds. The Kier molecular flexibility index (Phi) is 8.51. The zero-order valence-electron chi connectivity index (χ0n) is 18.8. The van der Waals surface area contributed by atoms with Crippen molar-refractivity contribution >= 4 is 12.0 Å². The summed E-state index contributed by atoms with van der Waals surface area (Å²) in [7, 11) is 0. The van der Waals surface area contributed by atoms with Crippen LogP contribution >= 0.6 is 0 Å². The number of aryl methyl sites for hydroxylation is 1. The van der Waals surface area contributed by atoms with E-state index in [0.29, 0.717) is 26.2 Å². The molecule has 0 radical (unpaired) electrons. The number of fused-ring (bicyclic) bond motifs is 1. The third-order valence-corrected chi connectivity index (χ3v) is 5.70. The lowest BCUT2D eigenvalue weighted by molar-refractivity contribution is -0.192. The number of amides is 2. The van der Waals surface area contributed by atoms with Gasteiger partial charge < -0.3 is 25.4 Å². The van der Waals surface area contributed by atoms with Gasteiger partial charge in [0.1, 0.15) is 6.10 Å². The van der Waals surface area contributed by atoms with E-state index < -0.39 is 12.1 Å². The Morgan fingerprint density at radius 3 is 2.41 bits per heavy atom. The summed E-state index contributed by atoms with van der Waals surface area (Å²) in [4.78, 5) is 23.4. The first-order chi connectivity index (χ1) is 16.2. The van der Waals surface area contributed by atoms with E-state index in [9.17, 15) is 18.0 Å². The lowest BCUT2D eigenvalue weighted by atomic mass is 10.0. The topological polar surface area (TPSA) is 90.9 Å². The van der Waals surface area contributed by atoms with Gasteiger partial charge in [-0.15, -0.1) is 0 Å². The van der Waals surface area contributed by atoms with E-state index in [2.05, 4.69) is 60.0 Å². The van der Waals surface area contributed by atoms with Crippen molar-refractivity contribution in [1.29, 1.82) is 0 Å². The summed E-state index contributed by atoms with van der Waals surface area (Å²) in [5, 5.41) is 13.5. The van der Waals surface area contributed by atoms with Gasteiger partial charge in [-0.25, -0.2) is 9.59 Å². The quantitative estimate of drug-likeness (QED) is 0.621. The minimum atomic E-state index is -5.08. The van der Waals surface area contributed by atoms with Gasteiger partial charge in [0.2, 0.25) is 0 Å². The van der Waals surface area contributed by atoms with Crippen LogP contribution in [0.1, 0.15) is 40.8 Å². The monoisotopic (exact) mass is 479 g/mol. The molecule has 1 atom stereocenters. The van der Waals surface area contributed by atoms with Gasteiger partial charge in [-0.2, -0.15) is 13.2 Å². The molecular formula is C24H28F3N3O4. The Hall–Kier alpha value is -3.11. The number of carbonyl (C=O) groups is 2. The summed E-state index contributed by atoms with van der Waals surface area (Å²) in [5.74, 6) is -2.76. The summed E-state index contributed by atoms with van der Waals surface area (Å²) in [6.07, 6.45) is -4.11. The number of carboxylic acid groups (broad SMARTS) is 1. The maximum absolute atomic E-state index is 12.6. The molecule has 0 bridgehead atoms. The van der Waals surface area contributed by atoms with Gasteiger partial charge in [-0.05, 0) is 34.2 Å². The highest BCUT2D eigenvalue weighted by Gasteiger charge is 2.38. The van der Waals surface area contributed by atoms with Crippen molar-refractivity contribution in [3.8, 4) is 0 Å². The fourth-order valence-electron chi connectivity index (χ4n) is 3.75. The number of halogens is 3. The van der Waals surface area contributed by atoms with Crippen molar-refractivity contribution in [3.63, 3.8) is 0 Å². The van der Waals surface area contributed by atoms with E-state index in [1.165, 1.54) is 16.7 Å². The molecule has 2 aliphatic rings. The summed E-state index contributed by atoms with van der Waals surface area (Å²) >= 11 is 0. The van der Waals surface area contributed by atoms with Crippen LogP contribution in [0.2, 0.25) is 0 Å². The second-order valence-corrected chi connectivity index (χ2v) is 8.07. The molecule has 0 saturated carbocycles. The Morgan fingerprint density at radius 1 is 1.12 bits per heavy atom. The van der Waals surface area contributed by atoms with Gasteiger partial charge in [-0.1, -0.05) is 49.4 Å². The third-order valence-electron chi connectivity index (χ3n) is 5.70. The van der Waals surface area contributed by atoms with Crippen LogP contribution in [0, 0.1) is 0 Å². The number of morpholine rings is 1. The molecule has 2 aromatic carbocycles. The maximum Gasteiger partial charge on any atom is 0.490 e. The van der Waals surface area contributed by atoms with Crippen molar-refractivity contribution < 1.29 is 32.6 Å². The van der Waals surface area contributed by atoms with E-state index >= 15 is 0 Å². The second-order valence-electron chi connectivity index (χ2n) is 8.07. The van der Waals surface area contributed by atoms with Crippen molar-refractivity contribution in [2.45, 2.75) is 45.3 Å². The number of nitrogens with zero attached hydrogens (tertiary/aromatic N) is 1. The number of urea groups is 1. The predicted molar refractivity (Wildman–Crippen MR) is 119 cm³/mol. The summed E-state index contributed by atoms with van der Waals surface area (Å²) in [6.45, 7) is 6.34. The lowest BCUT2D eigenvalue weighted by Gasteiger charge is -2.33. The Balaban J connectivity index is 0.000000406. The van der Waals surface area contributed by atoms with Crippen LogP contribution in [-0.4, -0.2) is 47.9 Å². The molecule has 2 aromatic rings. The molecular weight excluding hydrogens is 451 g/mol. The van der Waals surface area contributed by atoms with E-state index in [4.69, 9.17) is 14.6 Å². The van der Waals surface area contributed by atoms with Gasteiger partial charge in [0.05, 0.1) is 13.2 Å². The molecule has 3 N–H and O–H groups in total. The van der Waals surface area contributed by atoms with E-state index in [-0.39, 0.29) is 12.1 Å². The average molecular weight is 479 g/mol. The molecule has 4 rings (SSSR count). The highest BCUT2D eigenvalue weighted by Crippen LogP contribution is 2.23. The first-order valence-electron chi connectivity index (χ1n) is 11.0. The number of benzene rings is 2. The van der Waals surface area contributed by atoms with Crippen LogP contribution in [0.3, 0.4) is 0 Å². The number of carbonyl (C=O) groups excluding carboxylic acids is 1. The normalized spacial score (nSPS) is 17.4. The van der Waals surface area contributed by atoms with Crippen LogP contribution in [0.15, 0.2) is 42.5 Å². The second kappa shape index (κ2) is 11.3. The number of rotatable bonds is 4. The van der Waals surface area contributed by atoms with Crippen molar-refractivity contribution in [2.75, 3.05) is 19.7 Å². The smallest absolute Gasteiger partial charge is 0.475 e. The standard InChI is InChI=1S/C22H27N3O2.C2HF3O2/c1-2-16-3-6-18(7-4-16)21-15-25(9-10-27-21)22(26)24-12-17-5-8-19-13-23-14-20(19)11-17;3-2(4,5)1(6)7/h3-8,11,21,23H,2,9-10,12-15H2,1H3,(H,24,26);(H,6,7). The molecule has 10 heteroatoms. The first kappa shape index (κ1) is 25.5. The molecule has 184 valence electrons. The van der Waals surface area contributed by atoms with Gasteiger partial charge >= 0.3 is 18.2 Å². The zero-order chi connectivity index (χ0) is 24.7. The molecule has 1 saturated heterocycles. The average Bonchev–Trinajstić information content (AvgIpc) is 3.30. The number of ether oxygens (including phenoxy) is 1. The predicted octanol–water partition coefficient (Wildman–Crippen LogP) is 3.77. The first-order valence-corrected chi connectivity index (χ1v) is 11.0. The molecule has 1 fully saturated rings. The number of hydrogen-bond donors (Lipinski definition) is 3. The van der Waals surface area contributed by atoms with Crippen LogP contribution in [0.5, 0.6) is 0 Å². The summed E-state index contributed by atoms with van der Waals surface area (Å²) < 4.78 is 37.6. The number of aliphatic carboxylic acids is 1. The van der Waals surface area contributed by atoms with Gasteiger partial charge in [0.15, 0.2) is 0 Å². The van der Waals surface area contributed by atoms with Crippen LogP contribution in [-0.2, 0) is 35.6 Å². The zero-order valence-corrected chi connectivity index (χ0v) is 18.8. The molecule has 7 nitrogen and oxygen atoms in total. The fraction of sp³-hybridized carbons (Fsp3) is 0.417. The van der Waals surface area contributed by atoms with Gasteiger partial charge in [0.25, 0.3) is 0 Å². The SMILES string of the molecule is CCc1ccc(C2CN(C(=O)NCc3ccc4c(c3)CNC4)CCO2)cc1.O=C(O)C(F)(F)F. The van der Waals surface area contributed by atoms with Crippen LogP contribution < -0.4 is 10.6 Å². The number of nitrogens with one attached hydrogen (secondary N) is 2. The summed E-state index contributed by atoms with van der Waals surface area (Å²) in [6, 6.07) is 14.9. The van der Waals surface area contributed by atoms with E-state index in [0.717, 1.165) is 30.6 Å². The van der Waals surface area contributed by atoms with Crippen molar-refractivity contribution in [2.24, 2.45) is 0 Å². The maximum atomic E-state index is 12.6. The number of carboxylic acids is 1. The van der Waals surface area contributed by atoms with Crippen LogP contribution in [0.4, 0.5) is 18.0 Å².